The molecule has 19 nitrogen and oxygen atoms in total. The van der Waals surface area contributed by atoms with Gasteiger partial charge in [0.15, 0.2) is 0 Å². The number of carbonyl (C=O) groups is 5. The number of esters is 1. The van der Waals surface area contributed by atoms with Gasteiger partial charge in [0.25, 0.3) is 0 Å². The first-order valence-electron chi connectivity index (χ1n) is 43.6. The Morgan fingerprint density at radius 3 is 1.00 bits per heavy atom. The number of hydrogen-bond donors (Lipinski definition) is 1. The van der Waals surface area contributed by atoms with Gasteiger partial charge in [-0.2, -0.15) is 10.5 Å². The Bertz CT molecular complexity index is 4780. The van der Waals surface area contributed by atoms with Crippen LogP contribution in [0.5, 0.6) is 0 Å². The monoisotopic (exact) mass is 1620 g/mol. The molecule has 0 saturated carbocycles. The number of unbranched alkanes of at least 4 members (excludes halogenated alkanes) is 2. The van der Waals surface area contributed by atoms with Crippen molar-refractivity contribution in [2.45, 2.75) is 143 Å². The van der Waals surface area contributed by atoms with E-state index < -0.39 is 33.4 Å². The number of piperidine rings is 3. The quantitative estimate of drug-likeness (QED) is 0.0237. The topological polar surface area (TPSA) is 196 Å². The number of ether oxygens (including phenoxy) is 1. The normalized spacial score (nSPS) is 17.1. The van der Waals surface area contributed by atoms with Crippen LogP contribution < -0.4 is 14.7 Å². The molecule has 9 aromatic carbocycles. The fourth-order valence-corrected chi connectivity index (χ4v) is 19.3. The minimum absolute atomic E-state index is 0.126. The smallest absolute Gasteiger partial charge is 0.305 e. The summed E-state index contributed by atoms with van der Waals surface area (Å²) in [5.74, 6) is -0.0293. The number of carbonyl (C=O) groups excluding carboxylic acids is 4. The van der Waals surface area contributed by atoms with Crippen LogP contribution in [0.25, 0.3) is 4.85 Å². The minimum atomic E-state index is -0.799. The lowest BCUT2D eigenvalue weighted by Crippen LogP contribution is -2.56. The second-order valence-corrected chi connectivity index (χ2v) is 33.0. The Kier molecular flexibility index (Phi) is 30.1. The van der Waals surface area contributed by atoms with Gasteiger partial charge in [0.1, 0.15) is 27.4 Å². The highest BCUT2D eigenvalue weighted by atomic mass is 16.5. The molecule has 15 rings (SSSR count). The predicted molar refractivity (Wildman–Crippen MR) is 477 cm³/mol. The number of amides is 3. The number of hydrogen-bond acceptors (Lipinski definition) is 14. The van der Waals surface area contributed by atoms with E-state index in [1.165, 1.54) is 11.1 Å². The van der Waals surface area contributed by atoms with E-state index in [1.54, 1.807) is 0 Å². The SMILES string of the molecule is CCOC(=O)CCCCN1CN(c2ccccc2)C2(CCN(CCC(C#N)(c3ccccc3)c3ccccc3)CC2)C1=O.N#CC(CCN1CCC2(CC1)C(=O)N(CCCCC(=O)O)CN2c1ccccc1)(c1ccccc1)c1ccccc1.[C-]#[N+]CCCN1CN(c2ccccc2)C2(CCN(CCC(c3ccccc3)c3ccccc3)CC2)C1=O. The van der Waals surface area contributed by atoms with Crippen LogP contribution in [-0.2, 0) is 39.5 Å². The van der Waals surface area contributed by atoms with Gasteiger partial charge in [0.05, 0.1) is 38.8 Å². The summed E-state index contributed by atoms with van der Waals surface area (Å²) in [7, 11) is 0. The minimum Gasteiger partial charge on any atom is -0.481 e. The van der Waals surface area contributed by atoms with Gasteiger partial charge in [0.2, 0.25) is 24.3 Å². The first kappa shape index (κ1) is 86.9. The molecule has 0 aliphatic carbocycles. The van der Waals surface area contributed by atoms with Crippen LogP contribution in [0.3, 0.4) is 0 Å². The summed E-state index contributed by atoms with van der Waals surface area (Å²) in [6.07, 6.45) is 10.9. The Balaban J connectivity index is 0.000000157. The molecule has 1 N–H and O–H groups in total. The lowest BCUT2D eigenvalue weighted by molar-refractivity contribution is -0.143. The highest BCUT2D eigenvalue weighted by molar-refractivity contribution is 5.95. The van der Waals surface area contributed by atoms with Gasteiger partial charge >= 0.3 is 11.9 Å². The maximum absolute atomic E-state index is 14.1. The Morgan fingerprint density at radius 2 is 0.702 bits per heavy atom. The molecule has 6 aliphatic heterocycles. The van der Waals surface area contributed by atoms with Crippen LogP contribution in [0.1, 0.15) is 149 Å². The van der Waals surface area contributed by atoms with E-state index in [0.29, 0.717) is 110 Å². The Labute approximate surface area is 715 Å². The number of anilines is 3. The standard InChI is InChI=1S/C36H42N4O3.C34H38N4O3.C32H36N4O/c1-2-43-33(41)20-12-13-24-39-29-40(32-18-10-5-11-19-32)36(34(39)42)22-26-38(27-23-36)25-21-35(28-37,30-14-6-3-7-15-30)31-16-8-4-9-17-31;35-26-33(28-12-4-1-5-13-28,29-14-6-2-7-15-29)19-23-36-24-20-34(21-25-36)32(41)37(22-11-10-18-31(39)40)27-38(34)30-16-8-3-9-17-30;1-33-21-11-22-35-26-36(29-16-9-4-10-17-29)32(31(35)37)19-24-34(25-20-32)23-18-30(27-12-5-2-6-13-27)28-14-7-3-8-15-28/h3-11,14-19H,2,12-13,20-27,29H2,1H3;1-9,12-17H,10-11,18-25,27H2,(H,39,40);2-10,12-17,30H,11,18-26H2. The molecule has 0 atom stereocenters. The van der Waals surface area contributed by atoms with Crippen LogP contribution in [0.4, 0.5) is 17.1 Å². The number of benzene rings is 9. The molecule has 6 saturated heterocycles. The van der Waals surface area contributed by atoms with Crippen LogP contribution in [0.15, 0.2) is 273 Å². The van der Waals surface area contributed by atoms with Crippen molar-refractivity contribution in [1.29, 1.82) is 10.5 Å². The molecular weight excluding hydrogens is 1510 g/mol. The Morgan fingerprint density at radius 1 is 0.413 bits per heavy atom. The van der Waals surface area contributed by atoms with Crippen molar-refractivity contribution >= 4 is 46.7 Å². The fraction of sp³-hybridized carbons (Fsp3) is 0.392. The van der Waals surface area contributed by atoms with Gasteiger partial charge < -0.3 is 58.8 Å². The van der Waals surface area contributed by atoms with E-state index >= 15 is 0 Å². The molecule has 6 aliphatic rings. The van der Waals surface area contributed by atoms with E-state index in [0.717, 1.165) is 143 Å². The van der Waals surface area contributed by atoms with E-state index in [1.807, 2.05) is 161 Å². The Hall–Kier alpha value is -11.9. The molecule has 0 bridgehead atoms. The molecule has 9 aromatic rings. The summed E-state index contributed by atoms with van der Waals surface area (Å²) in [6.45, 7) is 20.8. The second kappa shape index (κ2) is 41.9. The van der Waals surface area contributed by atoms with E-state index in [-0.39, 0.29) is 30.1 Å². The van der Waals surface area contributed by atoms with E-state index in [2.05, 4.69) is 180 Å². The number of likely N-dealkylation sites (tertiary alicyclic amines) is 3. The van der Waals surface area contributed by atoms with Crippen LogP contribution in [0.2, 0.25) is 0 Å². The zero-order valence-corrected chi connectivity index (χ0v) is 70.2. The molecule has 0 radical (unpaired) electrons. The largest absolute Gasteiger partial charge is 0.481 e. The summed E-state index contributed by atoms with van der Waals surface area (Å²) in [5, 5.41) is 30.2. The van der Waals surface area contributed by atoms with Crippen molar-refractivity contribution in [3.05, 3.63) is 318 Å². The highest BCUT2D eigenvalue weighted by Gasteiger charge is 2.57. The van der Waals surface area contributed by atoms with Gasteiger partial charge in [-0.1, -0.05) is 237 Å². The molecule has 121 heavy (non-hydrogen) atoms. The molecule has 6 fully saturated rings. The molecule has 626 valence electrons. The lowest BCUT2D eigenvalue weighted by atomic mass is 9.73. The van der Waals surface area contributed by atoms with Gasteiger partial charge in [-0.05, 0) is 167 Å². The van der Waals surface area contributed by atoms with Crippen LogP contribution in [0, 0.1) is 29.2 Å². The lowest BCUT2D eigenvalue weighted by Gasteiger charge is -2.44. The molecule has 3 spiro atoms. The first-order chi connectivity index (χ1) is 59.2. The zero-order chi connectivity index (χ0) is 84.3. The number of para-hydroxylation sites is 3. The molecule has 0 aromatic heterocycles. The number of nitriles is 2. The number of rotatable bonds is 32. The van der Waals surface area contributed by atoms with Gasteiger partial charge in [0, 0.05) is 114 Å². The second-order valence-electron chi connectivity index (χ2n) is 33.0. The predicted octanol–water partition coefficient (Wildman–Crippen LogP) is 16.7. The van der Waals surface area contributed by atoms with Crippen molar-refractivity contribution in [2.24, 2.45) is 0 Å². The third-order valence-electron chi connectivity index (χ3n) is 26.1. The van der Waals surface area contributed by atoms with Crippen molar-refractivity contribution < 1.29 is 33.8 Å². The van der Waals surface area contributed by atoms with Crippen molar-refractivity contribution in [3.63, 3.8) is 0 Å². The molecular formula is C102H116N12O7. The number of aliphatic carboxylic acids is 1. The number of nitrogens with zero attached hydrogens (tertiary/aromatic N) is 12. The maximum Gasteiger partial charge on any atom is 0.305 e. The maximum atomic E-state index is 14.1. The average molecular weight is 1620 g/mol. The van der Waals surface area contributed by atoms with Crippen LogP contribution >= 0.6 is 0 Å². The zero-order valence-electron chi connectivity index (χ0n) is 70.2. The fourth-order valence-electron chi connectivity index (χ4n) is 19.3. The third-order valence-corrected chi connectivity index (χ3v) is 26.1. The molecule has 19 heteroatoms. The number of carboxylic acids is 1. The summed E-state index contributed by atoms with van der Waals surface area (Å²) < 4.78 is 5.06. The summed E-state index contributed by atoms with van der Waals surface area (Å²) in [6, 6.07) is 98.0. The average Bonchev–Trinajstić information content (AvgIpc) is 1.61. The summed E-state index contributed by atoms with van der Waals surface area (Å²) >= 11 is 0. The summed E-state index contributed by atoms with van der Waals surface area (Å²) in [4.78, 5) is 88.1. The van der Waals surface area contributed by atoms with E-state index in [4.69, 9.17) is 16.4 Å². The van der Waals surface area contributed by atoms with Crippen LogP contribution in [-0.4, -0.2) is 192 Å². The summed E-state index contributed by atoms with van der Waals surface area (Å²) in [5.41, 5.74) is 6.82. The van der Waals surface area contributed by atoms with Gasteiger partial charge in [-0.25, -0.2) is 6.57 Å². The van der Waals surface area contributed by atoms with Gasteiger partial charge in [-0.15, -0.1) is 0 Å². The van der Waals surface area contributed by atoms with E-state index in [9.17, 15) is 34.5 Å². The molecule has 3 amide bonds. The third kappa shape index (κ3) is 20.2. The molecule has 0 unspecified atom stereocenters. The first-order valence-corrected chi connectivity index (χ1v) is 43.6. The number of carboxylic acid groups (broad SMARTS) is 1. The van der Waals surface area contributed by atoms with Gasteiger partial charge in [-0.3, -0.25) is 24.0 Å². The molecule has 6 heterocycles. The van der Waals surface area contributed by atoms with Crippen molar-refractivity contribution in [3.8, 4) is 12.1 Å². The van der Waals surface area contributed by atoms with Crippen molar-refractivity contribution in [2.75, 3.05) is 126 Å². The van der Waals surface area contributed by atoms with Crippen molar-refractivity contribution in [1.82, 2.24) is 29.4 Å². The highest BCUT2D eigenvalue weighted by Crippen LogP contribution is 2.46.